The molecule has 0 saturated carbocycles. The van der Waals surface area contributed by atoms with Gasteiger partial charge in [0.15, 0.2) is 0 Å². The van der Waals surface area contributed by atoms with Crippen LogP contribution in [0.3, 0.4) is 0 Å². The predicted octanol–water partition coefficient (Wildman–Crippen LogP) is 4.86. The normalized spacial score (nSPS) is 20.9. The molecular weight excluding hydrogens is 336 g/mol. The van der Waals surface area contributed by atoms with Gasteiger partial charge in [-0.2, -0.15) is 0 Å². The molecule has 3 nitrogen and oxygen atoms in total. The van der Waals surface area contributed by atoms with E-state index in [9.17, 15) is 4.79 Å². The summed E-state index contributed by atoms with van der Waals surface area (Å²) in [5, 5.41) is 0. The summed E-state index contributed by atoms with van der Waals surface area (Å²) in [4.78, 5) is 13.2. The maximum Gasteiger partial charge on any atom is 0.325 e. The first-order valence-corrected chi connectivity index (χ1v) is 9.79. The van der Waals surface area contributed by atoms with Crippen molar-refractivity contribution in [3.8, 4) is 5.75 Å². The minimum atomic E-state index is -0.824. The fraction of sp³-hybridized carbons (Fsp3) is 0.375. The standard InChI is InChI=1S/C24H26O3/c1-4-27-23(25)24(16(2)22(24)17-10-6-5-7-11-17)20-14-18-12-8-9-13-19(18)15-21(20)26-3/h5-7,10-11,14-15H,4,8-9,12-13H2,1-3H3. The predicted molar refractivity (Wildman–Crippen MR) is 107 cm³/mol. The Morgan fingerprint density at radius 1 is 1.07 bits per heavy atom. The molecule has 0 spiro atoms. The zero-order chi connectivity index (χ0) is 19.0. The first-order valence-electron chi connectivity index (χ1n) is 9.79. The lowest BCUT2D eigenvalue weighted by atomic mass is 9.81. The van der Waals surface area contributed by atoms with Crippen molar-refractivity contribution in [2.24, 2.45) is 0 Å². The lowest BCUT2D eigenvalue weighted by molar-refractivity contribution is -0.145. The van der Waals surface area contributed by atoms with E-state index in [1.165, 1.54) is 24.0 Å². The minimum Gasteiger partial charge on any atom is -0.496 e. The van der Waals surface area contributed by atoms with Crippen LogP contribution in [0.15, 0.2) is 48.0 Å². The third kappa shape index (κ3) is 2.68. The molecule has 3 heteroatoms. The van der Waals surface area contributed by atoms with Crippen LogP contribution in [0.25, 0.3) is 5.57 Å². The SMILES string of the molecule is CCOC(=O)C1(c2cc3c(cc2OC)CCCC3)C(C)=C1c1ccccc1. The Balaban J connectivity index is 1.88. The van der Waals surface area contributed by atoms with Gasteiger partial charge in [-0.1, -0.05) is 30.3 Å². The highest BCUT2D eigenvalue weighted by molar-refractivity contribution is 6.15. The van der Waals surface area contributed by atoms with Gasteiger partial charge in [0.1, 0.15) is 11.2 Å². The van der Waals surface area contributed by atoms with Crippen LogP contribution in [0.1, 0.15) is 48.9 Å². The lowest BCUT2D eigenvalue weighted by Crippen LogP contribution is -2.29. The van der Waals surface area contributed by atoms with E-state index >= 15 is 0 Å². The summed E-state index contributed by atoms with van der Waals surface area (Å²) in [5.41, 5.74) is 5.98. The molecule has 0 amide bonds. The monoisotopic (exact) mass is 362 g/mol. The van der Waals surface area contributed by atoms with Crippen LogP contribution in [0.2, 0.25) is 0 Å². The Labute approximate surface area is 161 Å². The largest absolute Gasteiger partial charge is 0.496 e. The second kappa shape index (κ2) is 6.88. The third-order valence-corrected chi connectivity index (χ3v) is 5.96. The number of fused-ring (bicyclic) bond motifs is 1. The third-order valence-electron chi connectivity index (χ3n) is 5.96. The highest BCUT2D eigenvalue weighted by Gasteiger charge is 2.61. The van der Waals surface area contributed by atoms with Crippen LogP contribution >= 0.6 is 0 Å². The van der Waals surface area contributed by atoms with E-state index in [4.69, 9.17) is 9.47 Å². The molecule has 1 atom stereocenters. The van der Waals surface area contributed by atoms with Crippen molar-refractivity contribution in [2.75, 3.05) is 13.7 Å². The minimum absolute atomic E-state index is 0.199. The zero-order valence-corrected chi connectivity index (χ0v) is 16.3. The van der Waals surface area contributed by atoms with E-state index in [0.29, 0.717) is 6.61 Å². The van der Waals surface area contributed by atoms with Crippen LogP contribution in [0, 0.1) is 0 Å². The molecule has 2 aliphatic rings. The number of rotatable bonds is 5. The van der Waals surface area contributed by atoms with Crippen LogP contribution in [-0.4, -0.2) is 19.7 Å². The first kappa shape index (κ1) is 17.8. The summed E-state index contributed by atoms with van der Waals surface area (Å²) in [6.45, 7) is 4.26. The summed E-state index contributed by atoms with van der Waals surface area (Å²) in [5.74, 6) is 0.587. The van der Waals surface area contributed by atoms with Crippen LogP contribution < -0.4 is 4.74 Å². The number of carbonyl (C=O) groups is 1. The number of methoxy groups -OCH3 is 1. The molecule has 0 aliphatic heterocycles. The van der Waals surface area contributed by atoms with Crippen molar-refractivity contribution in [1.82, 2.24) is 0 Å². The Morgan fingerprint density at radius 2 is 1.74 bits per heavy atom. The quantitative estimate of drug-likeness (QED) is 0.713. The Bertz CT molecular complexity index is 911. The Hall–Kier alpha value is -2.55. The van der Waals surface area contributed by atoms with Crippen LogP contribution in [0.5, 0.6) is 5.75 Å². The molecule has 27 heavy (non-hydrogen) atoms. The van der Waals surface area contributed by atoms with E-state index in [1.807, 2.05) is 32.0 Å². The van der Waals surface area contributed by atoms with E-state index in [0.717, 1.165) is 40.9 Å². The molecule has 0 saturated heterocycles. The van der Waals surface area contributed by atoms with Crippen molar-refractivity contribution in [3.63, 3.8) is 0 Å². The molecule has 1 unspecified atom stereocenters. The molecule has 0 heterocycles. The maximum atomic E-state index is 13.2. The number of carbonyl (C=O) groups excluding carboxylic acids is 1. The van der Waals surface area contributed by atoms with Crippen molar-refractivity contribution in [1.29, 1.82) is 0 Å². The summed E-state index contributed by atoms with van der Waals surface area (Å²) < 4.78 is 11.3. The van der Waals surface area contributed by atoms with E-state index in [-0.39, 0.29) is 5.97 Å². The summed E-state index contributed by atoms with van der Waals surface area (Å²) in [7, 11) is 1.69. The van der Waals surface area contributed by atoms with Gasteiger partial charge in [0.25, 0.3) is 0 Å². The van der Waals surface area contributed by atoms with Crippen molar-refractivity contribution < 1.29 is 14.3 Å². The molecule has 140 valence electrons. The van der Waals surface area contributed by atoms with Gasteiger partial charge >= 0.3 is 5.97 Å². The van der Waals surface area contributed by atoms with Crippen molar-refractivity contribution in [3.05, 3.63) is 70.3 Å². The summed E-state index contributed by atoms with van der Waals surface area (Å²) in [6, 6.07) is 14.5. The molecule has 2 aromatic carbocycles. The van der Waals surface area contributed by atoms with E-state index in [2.05, 4.69) is 24.3 Å². The Kier molecular flexibility index (Phi) is 4.55. The molecule has 0 N–H and O–H groups in total. The van der Waals surface area contributed by atoms with Gasteiger partial charge in [-0.25, -0.2) is 0 Å². The summed E-state index contributed by atoms with van der Waals surface area (Å²) in [6.07, 6.45) is 4.55. The number of hydrogen-bond acceptors (Lipinski definition) is 3. The van der Waals surface area contributed by atoms with E-state index in [1.54, 1.807) is 7.11 Å². The average molecular weight is 362 g/mol. The molecule has 0 bridgehead atoms. The number of esters is 1. The molecule has 4 rings (SSSR count). The maximum absolute atomic E-state index is 13.2. The molecular formula is C24H26O3. The van der Waals surface area contributed by atoms with Crippen molar-refractivity contribution >= 4 is 11.5 Å². The first-order chi connectivity index (χ1) is 13.1. The fourth-order valence-corrected chi connectivity index (χ4v) is 4.61. The van der Waals surface area contributed by atoms with Gasteiger partial charge < -0.3 is 9.47 Å². The second-order valence-corrected chi connectivity index (χ2v) is 7.36. The fourth-order valence-electron chi connectivity index (χ4n) is 4.61. The average Bonchev–Trinajstić information content (AvgIpc) is 3.33. The molecule has 0 aromatic heterocycles. The van der Waals surface area contributed by atoms with Gasteiger partial charge in [0, 0.05) is 5.56 Å². The highest BCUT2D eigenvalue weighted by atomic mass is 16.5. The molecule has 0 radical (unpaired) electrons. The smallest absolute Gasteiger partial charge is 0.325 e. The molecule has 0 fully saturated rings. The van der Waals surface area contributed by atoms with Gasteiger partial charge in [0.2, 0.25) is 0 Å². The van der Waals surface area contributed by atoms with Gasteiger partial charge in [-0.05, 0) is 79.5 Å². The number of ether oxygens (including phenoxy) is 2. The van der Waals surface area contributed by atoms with Crippen LogP contribution in [-0.2, 0) is 27.8 Å². The lowest BCUT2D eigenvalue weighted by Gasteiger charge is -2.25. The van der Waals surface area contributed by atoms with Gasteiger partial charge in [-0.3, -0.25) is 4.79 Å². The topological polar surface area (TPSA) is 35.5 Å². The number of aryl methyl sites for hydroxylation is 2. The zero-order valence-electron chi connectivity index (χ0n) is 16.3. The van der Waals surface area contributed by atoms with Gasteiger partial charge in [-0.15, -0.1) is 0 Å². The summed E-state index contributed by atoms with van der Waals surface area (Å²) >= 11 is 0. The number of hydrogen-bond donors (Lipinski definition) is 0. The molecule has 2 aliphatic carbocycles. The highest BCUT2D eigenvalue weighted by Crippen LogP contribution is 2.62. The van der Waals surface area contributed by atoms with Crippen LogP contribution in [0.4, 0.5) is 0 Å². The number of benzene rings is 2. The Morgan fingerprint density at radius 3 is 2.37 bits per heavy atom. The van der Waals surface area contributed by atoms with Crippen molar-refractivity contribution in [2.45, 2.75) is 44.9 Å². The van der Waals surface area contributed by atoms with E-state index < -0.39 is 5.41 Å². The second-order valence-electron chi connectivity index (χ2n) is 7.36. The van der Waals surface area contributed by atoms with Gasteiger partial charge in [0.05, 0.1) is 13.7 Å². The molecule has 2 aromatic rings.